The van der Waals surface area contributed by atoms with Crippen LogP contribution in [0.4, 0.5) is 0 Å². The number of carbonyl (C=O) groups is 2. The zero-order chi connectivity index (χ0) is 16.2. The summed E-state index contributed by atoms with van der Waals surface area (Å²) in [5, 5.41) is 5.22. The number of nitrogens with two attached hydrogens (primary N) is 1. The molecule has 0 spiro atoms. The van der Waals surface area contributed by atoms with Crippen LogP contribution in [0.5, 0.6) is 0 Å². The van der Waals surface area contributed by atoms with Gasteiger partial charge >= 0.3 is 17.1 Å². The van der Waals surface area contributed by atoms with Gasteiger partial charge in [-0.15, -0.1) is 0 Å². The van der Waals surface area contributed by atoms with Crippen LogP contribution in [0.3, 0.4) is 0 Å². The van der Waals surface area contributed by atoms with Gasteiger partial charge in [0.05, 0.1) is 12.9 Å². The standard InChI is InChI=1S/C8H11N4O2.C6H11NO.Cu/c9-2-8(14)12-7(4-13)1-6-3-10-5-11-6;8-6-4-2-1-3-5-7-6;/h3,5,7H,1-2,9H2,(H,10,11)(H,12,14);1-5H2,(H,7,8);/q-1;;+1/t7-;;/m0../s1. The number of carbonyl (C=O) groups excluding carboxylic acids is 3. The summed E-state index contributed by atoms with van der Waals surface area (Å²) in [6.07, 6.45) is 9.32. The fraction of sp³-hybridized carbons (Fsp3) is 0.571. The second-order valence-corrected chi connectivity index (χ2v) is 4.88. The van der Waals surface area contributed by atoms with Gasteiger partial charge in [-0.3, -0.25) is 9.59 Å². The Morgan fingerprint density at radius 1 is 1.43 bits per heavy atom. The van der Waals surface area contributed by atoms with Crippen molar-refractivity contribution in [3.8, 4) is 0 Å². The fourth-order valence-electron chi connectivity index (χ4n) is 1.90. The molecule has 1 fully saturated rings. The van der Waals surface area contributed by atoms with E-state index in [-0.39, 0.29) is 35.4 Å². The molecule has 2 rings (SSSR count). The minimum Gasteiger partial charge on any atom is -0.540 e. The fourth-order valence-corrected chi connectivity index (χ4v) is 1.90. The molecule has 1 saturated heterocycles. The van der Waals surface area contributed by atoms with E-state index >= 15 is 0 Å². The molecule has 5 N–H and O–H groups in total. The zero-order valence-corrected chi connectivity index (χ0v) is 13.7. The summed E-state index contributed by atoms with van der Waals surface area (Å²) in [5.41, 5.74) is 5.85. The van der Waals surface area contributed by atoms with Crippen LogP contribution in [0.2, 0.25) is 0 Å². The van der Waals surface area contributed by atoms with Crippen molar-refractivity contribution in [2.75, 3.05) is 13.1 Å². The molecule has 0 saturated carbocycles. The number of aromatic nitrogens is 2. The quantitative estimate of drug-likeness (QED) is 0.397. The van der Waals surface area contributed by atoms with Crippen molar-refractivity contribution >= 4 is 18.1 Å². The number of hydrogen-bond donors (Lipinski definition) is 4. The molecular formula is C14H22CuN5O3. The van der Waals surface area contributed by atoms with Crippen molar-refractivity contribution in [3.05, 3.63) is 18.2 Å². The molecule has 1 atom stereocenters. The van der Waals surface area contributed by atoms with Crippen LogP contribution in [0.15, 0.2) is 12.5 Å². The molecule has 1 aromatic heterocycles. The summed E-state index contributed by atoms with van der Waals surface area (Å²) in [4.78, 5) is 38.5. The van der Waals surface area contributed by atoms with Gasteiger partial charge in [-0.1, -0.05) is 12.5 Å². The van der Waals surface area contributed by atoms with E-state index in [0.717, 1.165) is 31.5 Å². The summed E-state index contributed by atoms with van der Waals surface area (Å²) in [5.74, 6) is -0.152. The van der Waals surface area contributed by atoms with Gasteiger partial charge in [0.25, 0.3) is 0 Å². The average Bonchev–Trinajstić information content (AvgIpc) is 2.92. The van der Waals surface area contributed by atoms with E-state index in [1.54, 1.807) is 12.5 Å². The van der Waals surface area contributed by atoms with Crippen LogP contribution in [0.1, 0.15) is 31.4 Å². The van der Waals surface area contributed by atoms with Crippen LogP contribution in [0.25, 0.3) is 0 Å². The Labute approximate surface area is 145 Å². The van der Waals surface area contributed by atoms with Gasteiger partial charge in [-0.2, -0.15) is 0 Å². The first-order chi connectivity index (χ1) is 10.7. The van der Waals surface area contributed by atoms with E-state index in [0.29, 0.717) is 6.42 Å². The van der Waals surface area contributed by atoms with E-state index < -0.39 is 6.04 Å². The molecule has 0 bridgehead atoms. The number of amides is 2. The number of nitrogens with zero attached hydrogens (tertiary/aromatic N) is 1. The molecular weight excluding hydrogens is 350 g/mol. The third-order valence-corrected chi connectivity index (χ3v) is 3.04. The Kier molecular flexibility index (Phi) is 11.9. The number of rotatable bonds is 5. The number of H-pyrrole nitrogens is 1. The Hall–Kier alpha value is -1.70. The van der Waals surface area contributed by atoms with Gasteiger partial charge in [0.2, 0.25) is 11.8 Å². The first-order valence-electron chi connectivity index (χ1n) is 7.26. The third-order valence-electron chi connectivity index (χ3n) is 3.04. The first kappa shape index (κ1) is 21.3. The molecule has 23 heavy (non-hydrogen) atoms. The topological polar surface area (TPSA) is 130 Å². The Bertz CT molecular complexity index is 457. The molecule has 0 unspecified atom stereocenters. The van der Waals surface area contributed by atoms with Crippen LogP contribution in [-0.4, -0.2) is 47.2 Å². The van der Waals surface area contributed by atoms with Crippen molar-refractivity contribution in [2.24, 2.45) is 5.73 Å². The molecule has 2 heterocycles. The third kappa shape index (κ3) is 9.83. The SMILES string of the molecule is NCC(=O)N[C@H]([C-]=O)Cc1cnc[nH]1.O=C1CCCCCN1.[Cu+]. The maximum absolute atomic E-state index is 10.9. The number of hydrogen-bond acceptors (Lipinski definition) is 5. The largest absolute Gasteiger partial charge is 1.00 e. The van der Waals surface area contributed by atoms with Crippen molar-refractivity contribution in [3.63, 3.8) is 0 Å². The molecule has 132 valence electrons. The van der Waals surface area contributed by atoms with E-state index in [4.69, 9.17) is 5.73 Å². The van der Waals surface area contributed by atoms with Gasteiger partial charge in [-0.25, -0.2) is 11.3 Å². The molecule has 0 aliphatic carbocycles. The first-order valence-corrected chi connectivity index (χ1v) is 7.26. The molecule has 1 aliphatic rings. The predicted octanol–water partition coefficient (Wildman–Crippen LogP) is -0.820. The summed E-state index contributed by atoms with van der Waals surface area (Å²) in [6.45, 7) is 0.750. The van der Waals surface area contributed by atoms with Gasteiger partial charge < -0.3 is 26.1 Å². The van der Waals surface area contributed by atoms with E-state index in [9.17, 15) is 14.4 Å². The maximum atomic E-state index is 10.9. The van der Waals surface area contributed by atoms with E-state index in [1.807, 2.05) is 0 Å². The van der Waals surface area contributed by atoms with Crippen LogP contribution >= 0.6 is 0 Å². The van der Waals surface area contributed by atoms with Crippen LogP contribution in [0, 0.1) is 0 Å². The summed E-state index contributed by atoms with van der Waals surface area (Å²) in [6, 6.07) is -0.675. The summed E-state index contributed by atoms with van der Waals surface area (Å²) < 4.78 is 0. The molecule has 0 radical (unpaired) electrons. The molecule has 9 heteroatoms. The van der Waals surface area contributed by atoms with Gasteiger partial charge in [-0.05, 0) is 19.3 Å². The Morgan fingerprint density at radius 2 is 2.22 bits per heavy atom. The number of imidazole rings is 1. The molecule has 0 aromatic carbocycles. The van der Waals surface area contributed by atoms with Gasteiger partial charge in [0.1, 0.15) is 0 Å². The predicted molar refractivity (Wildman–Crippen MR) is 80.4 cm³/mol. The maximum Gasteiger partial charge on any atom is 1.00 e. The van der Waals surface area contributed by atoms with Crippen molar-refractivity contribution in [1.29, 1.82) is 0 Å². The second kappa shape index (κ2) is 12.8. The minimum atomic E-state index is -0.675. The van der Waals surface area contributed by atoms with Gasteiger partial charge in [0.15, 0.2) is 0 Å². The number of nitrogens with one attached hydrogen (secondary N) is 3. The summed E-state index contributed by atoms with van der Waals surface area (Å²) >= 11 is 0. The van der Waals surface area contributed by atoms with E-state index in [1.165, 1.54) is 12.7 Å². The second-order valence-electron chi connectivity index (χ2n) is 4.88. The Balaban J connectivity index is 0.000000460. The van der Waals surface area contributed by atoms with Crippen molar-refractivity contribution in [1.82, 2.24) is 20.6 Å². The Morgan fingerprint density at radius 3 is 2.83 bits per heavy atom. The normalized spacial score (nSPS) is 14.9. The van der Waals surface area contributed by atoms with E-state index in [2.05, 4.69) is 20.6 Å². The molecule has 1 aliphatic heterocycles. The summed E-state index contributed by atoms with van der Waals surface area (Å²) in [7, 11) is 0. The molecule has 2 amide bonds. The monoisotopic (exact) mass is 371 g/mol. The molecule has 1 aromatic rings. The molecule has 8 nitrogen and oxygen atoms in total. The smallest absolute Gasteiger partial charge is 0.540 e. The minimum absolute atomic E-state index is 0. The van der Waals surface area contributed by atoms with Gasteiger partial charge in [0, 0.05) is 24.9 Å². The zero-order valence-electron chi connectivity index (χ0n) is 12.7. The average molecular weight is 372 g/mol. The van der Waals surface area contributed by atoms with Crippen LogP contribution in [-0.2, 0) is 37.9 Å². The van der Waals surface area contributed by atoms with Crippen molar-refractivity contribution in [2.45, 2.75) is 38.1 Å². The number of aromatic amines is 1. The van der Waals surface area contributed by atoms with Crippen LogP contribution < -0.4 is 16.4 Å². The van der Waals surface area contributed by atoms with Crippen molar-refractivity contribution < 1.29 is 31.5 Å².